The van der Waals surface area contributed by atoms with Gasteiger partial charge < -0.3 is 14.8 Å². The number of amides is 1. The highest BCUT2D eigenvalue weighted by Crippen LogP contribution is 2.33. The Hall–Kier alpha value is -2.30. The molecule has 1 amide bonds. The van der Waals surface area contributed by atoms with Crippen LogP contribution in [0.2, 0.25) is 0 Å². The number of carboxylic acid groups (broad SMARTS) is 1. The van der Waals surface area contributed by atoms with Crippen LogP contribution in [-0.2, 0) is 4.79 Å². The quantitative estimate of drug-likeness (QED) is 0.896. The van der Waals surface area contributed by atoms with Gasteiger partial charge >= 0.3 is 5.97 Å². The van der Waals surface area contributed by atoms with Crippen molar-refractivity contribution in [3.8, 4) is 0 Å². The third-order valence-corrected chi connectivity index (χ3v) is 3.61. The Kier molecular flexibility index (Phi) is 2.97. The van der Waals surface area contributed by atoms with Gasteiger partial charge in [0.2, 0.25) is 0 Å². The number of para-hydroxylation sites is 1. The molecule has 0 aliphatic heterocycles. The van der Waals surface area contributed by atoms with Crippen LogP contribution in [0.1, 0.15) is 29.0 Å². The number of hydrogen-bond donors (Lipinski definition) is 2. The summed E-state index contributed by atoms with van der Waals surface area (Å²) < 4.78 is 5.54. The second kappa shape index (κ2) is 4.67. The molecule has 5 heteroatoms. The molecule has 1 fully saturated rings. The van der Waals surface area contributed by atoms with E-state index < -0.39 is 17.9 Å². The summed E-state index contributed by atoms with van der Waals surface area (Å²) in [6.45, 7) is 1.90. The van der Waals surface area contributed by atoms with Crippen molar-refractivity contribution in [3.63, 3.8) is 0 Å². The normalized spacial score (nSPS) is 16.1. The van der Waals surface area contributed by atoms with Gasteiger partial charge in [-0.05, 0) is 37.3 Å². The topological polar surface area (TPSA) is 79.5 Å². The molecule has 1 atom stereocenters. The molecule has 0 bridgehead atoms. The number of carboxylic acids is 1. The molecule has 1 saturated carbocycles. The standard InChI is InChI=1S/C15H15NO4/c1-8-3-2-4-10-7-11(20-13(8)10)14(17)16-12(15(18)19)9-5-6-9/h2-4,7,9,12H,5-6H2,1H3,(H,16,17)(H,18,19). The predicted octanol–water partition coefficient (Wildman–Crippen LogP) is 2.33. The molecule has 1 aromatic carbocycles. The number of furan rings is 1. The largest absolute Gasteiger partial charge is 0.480 e. The number of hydrogen-bond acceptors (Lipinski definition) is 3. The SMILES string of the molecule is Cc1cccc2cc(C(=O)NC(C(=O)O)C3CC3)oc12. The third-order valence-electron chi connectivity index (χ3n) is 3.61. The molecular weight excluding hydrogens is 258 g/mol. The van der Waals surface area contributed by atoms with Crippen LogP contribution in [0.3, 0.4) is 0 Å². The van der Waals surface area contributed by atoms with Crippen molar-refractivity contribution < 1.29 is 19.1 Å². The summed E-state index contributed by atoms with van der Waals surface area (Å²) in [5.41, 5.74) is 1.61. The van der Waals surface area contributed by atoms with Crippen molar-refractivity contribution in [2.45, 2.75) is 25.8 Å². The maximum Gasteiger partial charge on any atom is 0.326 e. The number of aryl methyl sites for hydroxylation is 1. The van der Waals surface area contributed by atoms with Crippen LogP contribution in [-0.4, -0.2) is 23.0 Å². The Morgan fingerprint density at radius 2 is 2.15 bits per heavy atom. The molecular formula is C15H15NO4. The maximum atomic E-state index is 12.1. The minimum absolute atomic E-state index is 0.0440. The van der Waals surface area contributed by atoms with E-state index in [1.54, 1.807) is 6.07 Å². The molecule has 104 valence electrons. The Bertz CT molecular complexity index is 684. The fourth-order valence-corrected chi connectivity index (χ4v) is 2.34. The van der Waals surface area contributed by atoms with Crippen molar-refractivity contribution in [2.24, 2.45) is 5.92 Å². The molecule has 0 spiro atoms. The van der Waals surface area contributed by atoms with Crippen molar-refractivity contribution in [3.05, 3.63) is 35.6 Å². The summed E-state index contributed by atoms with van der Waals surface area (Å²) in [7, 11) is 0. The lowest BCUT2D eigenvalue weighted by Crippen LogP contribution is -2.42. The van der Waals surface area contributed by atoms with Gasteiger partial charge in [0.15, 0.2) is 5.76 Å². The van der Waals surface area contributed by atoms with Gasteiger partial charge in [-0.1, -0.05) is 18.2 Å². The van der Waals surface area contributed by atoms with Crippen molar-refractivity contribution >= 4 is 22.8 Å². The summed E-state index contributed by atoms with van der Waals surface area (Å²) in [5.74, 6) is -1.27. The summed E-state index contributed by atoms with van der Waals surface area (Å²) >= 11 is 0. The lowest BCUT2D eigenvalue weighted by atomic mass is 10.1. The molecule has 2 aromatic rings. The number of fused-ring (bicyclic) bond motifs is 1. The zero-order valence-electron chi connectivity index (χ0n) is 11.1. The number of nitrogens with one attached hydrogen (secondary N) is 1. The van der Waals surface area contributed by atoms with Crippen molar-refractivity contribution in [2.75, 3.05) is 0 Å². The Balaban J connectivity index is 1.85. The van der Waals surface area contributed by atoms with Gasteiger partial charge in [0.25, 0.3) is 5.91 Å². The van der Waals surface area contributed by atoms with E-state index in [2.05, 4.69) is 5.32 Å². The van der Waals surface area contributed by atoms with E-state index in [0.29, 0.717) is 5.58 Å². The van der Waals surface area contributed by atoms with E-state index in [4.69, 9.17) is 9.52 Å². The zero-order chi connectivity index (χ0) is 14.3. The molecule has 0 radical (unpaired) electrons. The number of carbonyl (C=O) groups excluding carboxylic acids is 1. The van der Waals surface area contributed by atoms with Crippen LogP contribution in [0.25, 0.3) is 11.0 Å². The van der Waals surface area contributed by atoms with Gasteiger partial charge in [-0.2, -0.15) is 0 Å². The van der Waals surface area contributed by atoms with Gasteiger partial charge in [-0.3, -0.25) is 4.79 Å². The van der Waals surface area contributed by atoms with Crippen molar-refractivity contribution in [1.82, 2.24) is 5.32 Å². The fourth-order valence-electron chi connectivity index (χ4n) is 2.34. The highest BCUT2D eigenvalue weighted by atomic mass is 16.4. The fraction of sp³-hybridized carbons (Fsp3) is 0.333. The monoisotopic (exact) mass is 273 g/mol. The molecule has 5 nitrogen and oxygen atoms in total. The van der Waals surface area contributed by atoms with Crippen LogP contribution in [0, 0.1) is 12.8 Å². The van der Waals surface area contributed by atoms with E-state index in [-0.39, 0.29) is 11.7 Å². The molecule has 1 aliphatic carbocycles. The Morgan fingerprint density at radius 1 is 1.40 bits per heavy atom. The summed E-state index contributed by atoms with van der Waals surface area (Å²) in [6, 6.07) is 6.47. The van der Waals surface area contributed by atoms with Crippen LogP contribution in [0.15, 0.2) is 28.7 Å². The molecule has 1 aromatic heterocycles. The number of carbonyl (C=O) groups is 2. The molecule has 1 aliphatic rings. The van der Waals surface area contributed by atoms with E-state index in [1.807, 2.05) is 25.1 Å². The molecule has 1 heterocycles. The first-order valence-electron chi connectivity index (χ1n) is 6.59. The van der Waals surface area contributed by atoms with Gasteiger partial charge in [0.1, 0.15) is 11.6 Å². The van der Waals surface area contributed by atoms with E-state index >= 15 is 0 Å². The first-order valence-corrected chi connectivity index (χ1v) is 6.59. The van der Waals surface area contributed by atoms with Crippen molar-refractivity contribution in [1.29, 1.82) is 0 Å². The van der Waals surface area contributed by atoms with Gasteiger partial charge in [0.05, 0.1) is 0 Å². The Morgan fingerprint density at radius 3 is 2.75 bits per heavy atom. The molecule has 1 unspecified atom stereocenters. The molecule has 3 rings (SSSR count). The van der Waals surface area contributed by atoms with Crippen LogP contribution in [0.5, 0.6) is 0 Å². The van der Waals surface area contributed by atoms with E-state index in [9.17, 15) is 9.59 Å². The smallest absolute Gasteiger partial charge is 0.326 e. The highest BCUT2D eigenvalue weighted by Gasteiger charge is 2.37. The maximum absolute atomic E-state index is 12.1. The second-order valence-electron chi connectivity index (χ2n) is 5.23. The minimum Gasteiger partial charge on any atom is -0.480 e. The zero-order valence-corrected chi connectivity index (χ0v) is 11.1. The summed E-state index contributed by atoms with van der Waals surface area (Å²) in [5, 5.41) is 12.5. The second-order valence-corrected chi connectivity index (χ2v) is 5.23. The minimum atomic E-state index is -0.992. The first kappa shape index (κ1) is 12.7. The van der Waals surface area contributed by atoms with Crippen LogP contribution < -0.4 is 5.32 Å². The van der Waals surface area contributed by atoms with Crippen LogP contribution >= 0.6 is 0 Å². The number of benzene rings is 1. The highest BCUT2D eigenvalue weighted by molar-refractivity contribution is 5.98. The van der Waals surface area contributed by atoms with Crippen LogP contribution in [0.4, 0.5) is 0 Å². The van der Waals surface area contributed by atoms with Gasteiger partial charge in [-0.25, -0.2) is 4.79 Å². The molecule has 0 saturated heterocycles. The third kappa shape index (κ3) is 2.27. The van der Waals surface area contributed by atoms with E-state index in [0.717, 1.165) is 23.8 Å². The van der Waals surface area contributed by atoms with Gasteiger partial charge in [-0.15, -0.1) is 0 Å². The first-order chi connectivity index (χ1) is 9.56. The number of rotatable bonds is 4. The lowest BCUT2D eigenvalue weighted by Gasteiger charge is -2.11. The predicted molar refractivity (Wildman–Crippen MR) is 72.6 cm³/mol. The summed E-state index contributed by atoms with van der Waals surface area (Å²) in [6.07, 6.45) is 1.69. The molecule has 2 N–H and O–H groups in total. The van der Waals surface area contributed by atoms with E-state index in [1.165, 1.54) is 0 Å². The Labute approximate surface area is 115 Å². The average Bonchev–Trinajstić information content (AvgIpc) is 3.13. The van der Waals surface area contributed by atoms with Gasteiger partial charge in [0, 0.05) is 5.39 Å². The lowest BCUT2D eigenvalue weighted by molar-refractivity contribution is -0.139. The summed E-state index contributed by atoms with van der Waals surface area (Å²) in [4.78, 5) is 23.2. The molecule has 20 heavy (non-hydrogen) atoms. The number of aliphatic carboxylic acids is 1. The average molecular weight is 273 g/mol.